The quantitative estimate of drug-likeness (QED) is 0.479. The average molecular weight is 364 g/mol. The zero-order valence-electron chi connectivity index (χ0n) is 15.8. The topological polar surface area (TPSA) is 0 Å². The minimum absolute atomic E-state index is 0.0842. The van der Waals surface area contributed by atoms with Gasteiger partial charge in [-0.25, -0.2) is 0 Å². The summed E-state index contributed by atoms with van der Waals surface area (Å²) < 4.78 is 36.9. The summed E-state index contributed by atoms with van der Waals surface area (Å²) in [5.41, 5.74) is 2.85. The number of halogens is 3. The Balaban J connectivity index is 1.51. The van der Waals surface area contributed by atoms with Gasteiger partial charge in [-0.1, -0.05) is 43.7 Å². The van der Waals surface area contributed by atoms with Crippen LogP contribution in [0.5, 0.6) is 0 Å². The van der Waals surface area contributed by atoms with Gasteiger partial charge in [-0.15, -0.1) is 0 Å². The van der Waals surface area contributed by atoms with Crippen LogP contribution in [0.2, 0.25) is 0 Å². The molecule has 0 radical (unpaired) electrons. The van der Waals surface area contributed by atoms with E-state index >= 15 is 0 Å². The van der Waals surface area contributed by atoms with Crippen molar-refractivity contribution in [2.75, 3.05) is 0 Å². The zero-order chi connectivity index (χ0) is 18.6. The second-order valence-corrected chi connectivity index (χ2v) is 8.30. The van der Waals surface area contributed by atoms with Crippen molar-refractivity contribution >= 4 is 0 Å². The molecule has 3 rings (SSSR count). The lowest BCUT2D eigenvalue weighted by Crippen LogP contribution is -2.14. The van der Waals surface area contributed by atoms with E-state index in [1.54, 1.807) is 0 Å². The fourth-order valence-electron chi connectivity index (χ4n) is 4.83. The van der Waals surface area contributed by atoms with E-state index < -0.39 is 6.18 Å². The second-order valence-electron chi connectivity index (χ2n) is 8.30. The monoisotopic (exact) mass is 364 g/mol. The van der Waals surface area contributed by atoms with Gasteiger partial charge in [0, 0.05) is 6.08 Å². The Kier molecular flexibility index (Phi) is 6.47. The van der Waals surface area contributed by atoms with Gasteiger partial charge in [0.1, 0.15) is 0 Å². The lowest BCUT2D eigenvalue weighted by molar-refractivity contribution is -0.0803. The van der Waals surface area contributed by atoms with E-state index in [-0.39, 0.29) is 5.92 Å². The van der Waals surface area contributed by atoms with Crippen LogP contribution in [-0.2, 0) is 0 Å². The number of benzene rings is 1. The molecule has 0 unspecified atom stereocenters. The molecule has 2 fully saturated rings. The molecule has 2 aliphatic carbocycles. The summed E-state index contributed by atoms with van der Waals surface area (Å²) in [4.78, 5) is 0. The predicted octanol–water partition coefficient (Wildman–Crippen LogP) is 7.76. The fraction of sp³-hybridized carbons (Fsp3) is 0.652. The summed E-state index contributed by atoms with van der Waals surface area (Å²) in [5, 5.41) is 0. The van der Waals surface area contributed by atoms with Gasteiger partial charge in [-0.05, 0) is 86.2 Å². The number of allylic oxidation sites excluding steroid dienone is 2. The van der Waals surface area contributed by atoms with Gasteiger partial charge in [0.05, 0.1) is 0 Å². The van der Waals surface area contributed by atoms with Crippen molar-refractivity contribution in [2.45, 2.75) is 82.7 Å². The van der Waals surface area contributed by atoms with E-state index in [1.807, 2.05) is 0 Å². The van der Waals surface area contributed by atoms with Crippen LogP contribution >= 0.6 is 0 Å². The highest BCUT2D eigenvalue weighted by Crippen LogP contribution is 2.39. The van der Waals surface area contributed by atoms with Crippen LogP contribution < -0.4 is 0 Å². The van der Waals surface area contributed by atoms with Gasteiger partial charge in [0.2, 0.25) is 0 Å². The standard InChI is InChI=1S/C23H31F3/c1-2-17-3-7-19(8-4-17)21-11-13-22(14-12-21)20-9-5-18(6-10-20)15-16-23(24,25)26/h11-20H,2-10H2,1H3/b16-15+/t17-,18-,19-,20-. The molecule has 26 heavy (non-hydrogen) atoms. The summed E-state index contributed by atoms with van der Waals surface area (Å²) in [5.74, 6) is 2.23. The normalized spacial score (nSPS) is 30.6. The minimum atomic E-state index is -4.18. The van der Waals surface area contributed by atoms with E-state index in [1.165, 1.54) is 49.3 Å². The third-order valence-electron chi connectivity index (χ3n) is 6.63. The first-order valence-electron chi connectivity index (χ1n) is 10.3. The lowest BCUT2D eigenvalue weighted by Gasteiger charge is -2.29. The van der Waals surface area contributed by atoms with Crippen molar-refractivity contribution in [3.05, 3.63) is 47.5 Å². The SMILES string of the molecule is CC[C@H]1CC[C@H](c2ccc([C@H]3CC[C@H](/C=C/C(F)(F)F)CC3)cc2)CC1. The van der Waals surface area contributed by atoms with Crippen LogP contribution in [0.4, 0.5) is 13.2 Å². The van der Waals surface area contributed by atoms with Crippen LogP contribution in [0.3, 0.4) is 0 Å². The Morgan fingerprint density at radius 1 is 0.808 bits per heavy atom. The molecule has 0 atom stereocenters. The van der Waals surface area contributed by atoms with E-state index in [9.17, 15) is 13.2 Å². The van der Waals surface area contributed by atoms with E-state index in [0.29, 0.717) is 12.0 Å². The molecule has 0 amide bonds. The maximum Gasteiger partial charge on any atom is 0.409 e. The molecule has 2 saturated carbocycles. The van der Waals surface area contributed by atoms with Gasteiger partial charge in [-0.3, -0.25) is 0 Å². The van der Waals surface area contributed by atoms with Crippen molar-refractivity contribution in [3.8, 4) is 0 Å². The van der Waals surface area contributed by atoms with Crippen LogP contribution in [0.25, 0.3) is 0 Å². The van der Waals surface area contributed by atoms with Crippen LogP contribution in [-0.4, -0.2) is 6.18 Å². The van der Waals surface area contributed by atoms with Crippen LogP contribution in [0.15, 0.2) is 36.4 Å². The Bertz CT molecular complexity index is 568. The first-order chi connectivity index (χ1) is 12.4. The summed E-state index contributed by atoms with van der Waals surface area (Å²) in [6.45, 7) is 2.30. The van der Waals surface area contributed by atoms with Gasteiger partial charge in [0.15, 0.2) is 0 Å². The van der Waals surface area contributed by atoms with Crippen molar-refractivity contribution in [3.63, 3.8) is 0 Å². The third-order valence-corrected chi connectivity index (χ3v) is 6.63. The average Bonchev–Trinajstić information content (AvgIpc) is 2.66. The molecule has 0 N–H and O–H groups in total. The Labute approximate surface area is 155 Å². The molecule has 0 saturated heterocycles. The van der Waals surface area contributed by atoms with Gasteiger partial charge in [-0.2, -0.15) is 13.2 Å². The highest BCUT2D eigenvalue weighted by molar-refractivity contribution is 5.28. The summed E-state index contributed by atoms with van der Waals surface area (Å²) in [6, 6.07) is 9.17. The van der Waals surface area contributed by atoms with E-state index in [4.69, 9.17) is 0 Å². The number of hydrogen-bond donors (Lipinski definition) is 0. The molecule has 0 heterocycles. The molecule has 144 valence electrons. The van der Waals surface area contributed by atoms with Crippen molar-refractivity contribution in [1.29, 1.82) is 0 Å². The molecule has 0 aromatic heterocycles. The molecule has 1 aromatic carbocycles. The third kappa shape index (κ3) is 5.37. The molecular formula is C23H31F3. The van der Waals surface area contributed by atoms with E-state index in [0.717, 1.165) is 37.5 Å². The minimum Gasteiger partial charge on any atom is -0.167 e. The first-order valence-corrected chi connectivity index (χ1v) is 10.3. The number of alkyl halides is 3. The first kappa shape index (κ1) is 19.5. The lowest BCUT2D eigenvalue weighted by atomic mass is 9.76. The molecule has 0 aliphatic heterocycles. The van der Waals surface area contributed by atoms with Gasteiger partial charge in [0.25, 0.3) is 0 Å². The summed E-state index contributed by atoms with van der Waals surface area (Å²) in [7, 11) is 0. The highest BCUT2D eigenvalue weighted by atomic mass is 19.4. The molecule has 0 bridgehead atoms. The highest BCUT2D eigenvalue weighted by Gasteiger charge is 2.26. The molecule has 1 aromatic rings. The maximum absolute atomic E-state index is 12.3. The van der Waals surface area contributed by atoms with Crippen LogP contribution in [0.1, 0.15) is 87.7 Å². The Morgan fingerprint density at radius 2 is 1.27 bits per heavy atom. The number of rotatable bonds is 4. The van der Waals surface area contributed by atoms with Crippen molar-refractivity contribution < 1.29 is 13.2 Å². The molecule has 0 nitrogen and oxygen atoms in total. The fourth-order valence-corrected chi connectivity index (χ4v) is 4.83. The second kappa shape index (κ2) is 8.63. The van der Waals surface area contributed by atoms with Crippen molar-refractivity contribution in [1.82, 2.24) is 0 Å². The smallest absolute Gasteiger partial charge is 0.167 e. The van der Waals surface area contributed by atoms with Gasteiger partial charge < -0.3 is 0 Å². The largest absolute Gasteiger partial charge is 0.409 e. The summed E-state index contributed by atoms with van der Waals surface area (Å²) in [6.07, 6.45) is 7.98. The zero-order valence-corrected chi connectivity index (χ0v) is 15.8. The number of hydrogen-bond acceptors (Lipinski definition) is 0. The summed E-state index contributed by atoms with van der Waals surface area (Å²) >= 11 is 0. The van der Waals surface area contributed by atoms with Crippen LogP contribution in [0, 0.1) is 11.8 Å². The Morgan fingerprint density at radius 3 is 1.69 bits per heavy atom. The van der Waals surface area contributed by atoms with Gasteiger partial charge >= 0.3 is 6.18 Å². The molecule has 3 heteroatoms. The molecular weight excluding hydrogens is 333 g/mol. The van der Waals surface area contributed by atoms with E-state index in [2.05, 4.69) is 31.2 Å². The maximum atomic E-state index is 12.3. The Hall–Kier alpha value is -1.25. The molecule has 2 aliphatic rings. The predicted molar refractivity (Wildman–Crippen MR) is 101 cm³/mol. The molecule has 0 spiro atoms. The van der Waals surface area contributed by atoms with Crippen molar-refractivity contribution in [2.24, 2.45) is 11.8 Å².